The van der Waals surface area contributed by atoms with E-state index in [1.807, 2.05) is 23.0 Å². The predicted octanol–water partition coefficient (Wildman–Crippen LogP) is 3.77. The van der Waals surface area contributed by atoms with Crippen molar-refractivity contribution in [3.05, 3.63) is 45.7 Å². The van der Waals surface area contributed by atoms with Gasteiger partial charge in [0, 0.05) is 12.2 Å². The van der Waals surface area contributed by atoms with Gasteiger partial charge in [-0.15, -0.1) is 0 Å². The van der Waals surface area contributed by atoms with Crippen LogP contribution in [0, 0.1) is 13.8 Å². The molecule has 0 bridgehead atoms. The minimum Gasteiger partial charge on any atom is -0.357 e. The molecule has 1 aromatic heterocycles. The zero-order valence-corrected chi connectivity index (χ0v) is 14.8. The third-order valence-electron chi connectivity index (χ3n) is 3.47. The van der Waals surface area contributed by atoms with Crippen molar-refractivity contribution < 1.29 is 0 Å². The summed E-state index contributed by atoms with van der Waals surface area (Å²) in [7, 11) is 0. The Labute approximate surface area is 139 Å². The van der Waals surface area contributed by atoms with E-state index in [4.69, 9.17) is 12.2 Å². The summed E-state index contributed by atoms with van der Waals surface area (Å²) in [5.41, 5.74) is 4.58. The van der Waals surface area contributed by atoms with Crippen molar-refractivity contribution in [1.82, 2.24) is 15.1 Å². The molecule has 6 heteroatoms. The molecular formula is C15H19BrN4S. The van der Waals surface area contributed by atoms with E-state index in [-0.39, 0.29) is 0 Å². The Morgan fingerprint density at radius 1 is 1.38 bits per heavy atom. The highest BCUT2D eigenvalue weighted by Gasteiger charge is 2.08. The second-order valence-corrected chi connectivity index (χ2v) is 6.07. The van der Waals surface area contributed by atoms with Gasteiger partial charge in [0.15, 0.2) is 5.11 Å². The normalized spacial score (nSPS) is 10.5. The van der Waals surface area contributed by atoms with Crippen LogP contribution in [0.1, 0.15) is 23.7 Å². The van der Waals surface area contributed by atoms with Gasteiger partial charge in [0.25, 0.3) is 0 Å². The molecule has 4 nitrogen and oxygen atoms in total. The van der Waals surface area contributed by atoms with Gasteiger partial charge in [-0.05, 0) is 66.1 Å². The molecule has 0 saturated carbocycles. The van der Waals surface area contributed by atoms with E-state index in [1.165, 1.54) is 11.1 Å². The molecule has 0 atom stereocenters. The molecule has 21 heavy (non-hydrogen) atoms. The van der Waals surface area contributed by atoms with Crippen LogP contribution in [0.15, 0.2) is 28.9 Å². The van der Waals surface area contributed by atoms with Gasteiger partial charge in [-0.1, -0.05) is 12.1 Å². The fourth-order valence-corrected chi connectivity index (χ4v) is 2.67. The quantitative estimate of drug-likeness (QED) is 0.808. The van der Waals surface area contributed by atoms with Crippen molar-refractivity contribution in [2.45, 2.75) is 33.9 Å². The lowest BCUT2D eigenvalue weighted by Crippen LogP contribution is -2.29. The number of anilines is 1. The van der Waals surface area contributed by atoms with E-state index in [9.17, 15) is 0 Å². The van der Waals surface area contributed by atoms with Crippen LogP contribution in [0.5, 0.6) is 0 Å². The molecule has 0 amide bonds. The lowest BCUT2D eigenvalue weighted by atomic mass is 10.1. The minimum atomic E-state index is 0.611. The zero-order valence-electron chi connectivity index (χ0n) is 12.4. The Bertz CT molecular complexity index is 651. The smallest absolute Gasteiger partial charge is 0.171 e. The van der Waals surface area contributed by atoms with Crippen LogP contribution < -0.4 is 10.6 Å². The molecule has 0 radical (unpaired) electrons. The van der Waals surface area contributed by atoms with Crippen LogP contribution in [0.4, 0.5) is 5.69 Å². The molecule has 0 fully saturated rings. The Balaban J connectivity index is 1.99. The van der Waals surface area contributed by atoms with Crippen molar-refractivity contribution in [3.63, 3.8) is 0 Å². The summed E-state index contributed by atoms with van der Waals surface area (Å²) in [6.07, 6.45) is 1.81. The van der Waals surface area contributed by atoms with Gasteiger partial charge in [0.05, 0.1) is 22.9 Å². The molecule has 0 spiro atoms. The van der Waals surface area contributed by atoms with Crippen molar-refractivity contribution in [2.75, 3.05) is 5.32 Å². The zero-order chi connectivity index (χ0) is 15.4. The number of hydrogen-bond acceptors (Lipinski definition) is 2. The number of benzene rings is 1. The molecule has 2 N–H and O–H groups in total. The van der Waals surface area contributed by atoms with Gasteiger partial charge >= 0.3 is 0 Å². The van der Waals surface area contributed by atoms with Crippen molar-refractivity contribution >= 4 is 38.9 Å². The number of aromatic nitrogens is 2. The first-order valence-corrected chi connectivity index (χ1v) is 8.04. The maximum atomic E-state index is 5.37. The molecule has 0 aliphatic rings. The summed E-state index contributed by atoms with van der Waals surface area (Å²) in [4.78, 5) is 0. The molecule has 0 aliphatic heterocycles. The highest BCUT2D eigenvalue weighted by molar-refractivity contribution is 9.10. The van der Waals surface area contributed by atoms with E-state index in [1.54, 1.807) is 0 Å². The highest BCUT2D eigenvalue weighted by atomic mass is 79.9. The van der Waals surface area contributed by atoms with E-state index >= 15 is 0 Å². The second-order valence-electron chi connectivity index (χ2n) is 4.81. The average molecular weight is 367 g/mol. The van der Waals surface area contributed by atoms with E-state index in [0.29, 0.717) is 11.7 Å². The summed E-state index contributed by atoms with van der Waals surface area (Å²) in [5.74, 6) is 0. The van der Waals surface area contributed by atoms with Crippen molar-refractivity contribution in [3.8, 4) is 0 Å². The summed E-state index contributed by atoms with van der Waals surface area (Å²) in [6.45, 7) is 7.71. The molecular weight excluding hydrogens is 348 g/mol. The van der Waals surface area contributed by atoms with E-state index in [0.717, 1.165) is 22.4 Å². The number of nitrogens with zero attached hydrogens (tertiary/aromatic N) is 2. The Morgan fingerprint density at radius 3 is 2.86 bits per heavy atom. The number of aryl methyl sites for hydroxylation is 2. The molecule has 2 aromatic rings. The fraction of sp³-hybridized carbons (Fsp3) is 0.333. The number of rotatable bonds is 4. The van der Waals surface area contributed by atoms with Crippen molar-refractivity contribution in [2.24, 2.45) is 0 Å². The van der Waals surface area contributed by atoms with Gasteiger partial charge in [-0.3, -0.25) is 4.68 Å². The number of hydrogen-bond donors (Lipinski definition) is 2. The van der Waals surface area contributed by atoms with E-state index in [2.05, 4.69) is 58.5 Å². The summed E-state index contributed by atoms with van der Waals surface area (Å²) in [6, 6.07) is 6.15. The first-order chi connectivity index (χ1) is 10.0. The monoisotopic (exact) mass is 366 g/mol. The fourth-order valence-electron chi connectivity index (χ4n) is 2.05. The molecule has 112 valence electrons. The summed E-state index contributed by atoms with van der Waals surface area (Å²) >= 11 is 8.88. The predicted molar refractivity (Wildman–Crippen MR) is 94.6 cm³/mol. The van der Waals surface area contributed by atoms with Crippen LogP contribution in [0.3, 0.4) is 0 Å². The number of nitrogens with one attached hydrogen (secondary N) is 2. The molecule has 0 aliphatic carbocycles. The topological polar surface area (TPSA) is 41.9 Å². The Morgan fingerprint density at radius 2 is 2.14 bits per heavy atom. The third-order valence-corrected chi connectivity index (χ3v) is 4.38. The van der Waals surface area contributed by atoms with E-state index < -0.39 is 0 Å². The molecule has 0 saturated heterocycles. The van der Waals surface area contributed by atoms with Gasteiger partial charge < -0.3 is 10.6 Å². The van der Waals surface area contributed by atoms with Crippen LogP contribution in [0.2, 0.25) is 0 Å². The Hall–Kier alpha value is -1.40. The molecule has 0 unspecified atom stereocenters. The summed E-state index contributed by atoms with van der Waals surface area (Å²) in [5, 5.41) is 11.4. The van der Waals surface area contributed by atoms with Gasteiger partial charge in [-0.25, -0.2) is 0 Å². The SMILES string of the molecule is CCn1ncc(Br)c1CNC(=S)Nc1cccc(C)c1C. The van der Waals surface area contributed by atoms with Gasteiger partial charge in [0.2, 0.25) is 0 Å². The lowest BCUT2D eigenvalue weighted by molar-refractivity contribution is 0.613. The third kappa shape index (κ3) is 3.83. The first kappa shape index (κ1) is 16.0. The standard InChI is InChI=1S/C15H19BrN4S/c1-4-20-14(12(16)8-18-20)9-17-15(21)19-13-7-5-6-10(2)11(13)3/h5-8H,4,9H2,1-3H3,(H2,17,19,21). The molecule has 1 aromatic carbocycles. The molecule has 2 rings (SSSR count). The van der Waals surface area contributed by atoms with Gasteiger partial charge in [-0.2, -0.15) is 5.10 Å². The van der Waals surface area contributed by atoms with Crippen molar-refractivity contribution in [1.29, 1.82) is 0 Å². The van der Waals surface area contributed by atoms with Gasteiger partial charge in [0.1, 0.15) is 0 Å². The largest absolute Gasteiger partial charge is 0.357 e. The van der Waals surface area contributed by atoms with Crippen LogP contribution in [0.25, 0.3) is 0 Å². The van der Waals surface area contributed by atoms with Crippen LogP contribution in [-0.4, -0.2) is 14.9 Å². The number of thiocarbonyl (C=S) groups is 1. The van der Waals surface area contributed by atoms with Crippen LogP contribution >= 0.6 is 28.1 Å². The maximum absolute atomic E-state index is 5.37. The highest BCUT2D eigenvalue weighted by Crippen LogP contribution is 2.18. The summed E-state index contributed by atoms with van der Waals surface area (Å²) < 4.78 is 2.93. The number of halogens is 1. The lowest BCUT2D eigenvalue weighted by Gasteiger charge is -2.14. The molecule has 1 heterocycles. The maximum Gasteiger partial charge on any atom is 0.171 e. The average Bonchev–Trinajstić information content (AvgIpc) is 2.82. The Kier molecular flexibility index (Phi) is 5.36. The first-order valence-electron chi connectivity index (χ1n) is 6.84. The second kappa shape index (κ2) is 7.04. The minimum absolute atomic E-state index is 0.611. The van der Waals surface area contributed by atoms with Crippen LogP contribution in [-0.2, 0) is 13.1 Å².